The maximum atomic E-state index is 8.55. The van der Waals surface area contributed by atoms with Crippen LogP contribution in [-0.2, 0) is 0 Å². The average Bonchev–Trinajstić information content (AvgIpc) is 2.17. The third-order valence-corrected chi connectivity index (χ3v) is 2.02. The summed E-state index contributed by atoms with van der Waals surface area (Å²) in [5.74, 6) is 0. The van der Waals surface area contributed by atoms with Gasteiger partial charge in [0, 0.05) is 5.02 Å². The first-order valence-corrected chi connectivity index (χ1v) is 4.33. The zero-order valence-corrected chi connectivity index (χ0v) is 8.34. The number of nitrogens with zero attached hydrogens (tertiary/aromatic N) is 2. The molecule has 0 amide bonds. The smallest absolute Gasteiger partial charge is 0.130 e. The van der Waals surface area contributed by atoms with Crippen LogP contribution in [0.5, 0.6) is 0 Å². The highest BCUT2D eigenvalue weighted by atomic mass is 35.5. The normalized spacial score (nSPS) is 8.57. The number of benzene rings is 1. The van der Waals surface area contributed by atoms with E-state index in [9.17, 15) is 0 Å². The minimum absolute atomic E-state index is 0.0516. The second-order valence-corrected chi connectivity index (χ2v) is 3.21. The first-order chi connectivity index (χ1) is 6.67. The standard InChI is InChI=1S/C11H7ClN2/c1-8-2-3-10(11(12)4-8)5-9(6-13)7-14/h2-5H,1H3. The Labute approximate surface area is 87.7 Å². The molecule has 0 heterocycles. The number of allylic oxidation sites excluding steroid dienone is 1. The fourth-order valence-corrected chi connectivity index (χ4v) is 1.28. The van der Waals surface area contributed by atoms with Gasteiger partial charge in [-0.3, -0.25) is 0 Å². The summed E-state index contributed by atoms with van der Waals surface area (Å²) < 4.78 is 0. The van der Waals surface area contributed by atoms with Gasteiger partial charge in [0.25, 0.3) is 0 Å². The largest absolute Gasteiger partial charge is 0.192 e. The van der Waals surface area contributed by atoms with Crippen LogP contribution in [0.3, 0.4) is 0 Å². The van der Waals surface area contributed by atoms with Gasteiger partial charge in [-0.2, -0.15) is 10.5 Å². The Morgan fingerprint density at radius 1 is 1.36 bits per heavy atom. The Hall–Kier alpha value is -1.77. The van der Waals surface area contributed by atoms with E-state index in [1.54, 1.807) is 24.3 Å². The van der Waals surface area contributed by atoms with E-state index in [1.165, 1.54) is 6.08 Å². The van der Waals surface area contributed by atoms with E-state index in [2.05, 4.69) is 0 Å². The molecule has 0 saturated carbocycles. The molecule has 0 saturated heterocycles. The van der Waals surface area contributed by atoms with E-state index in [-0.39, 0.29) is 5.57 Å². The number of rotatable bonds is 1. The lowest BCUT2D eigenvalue weighted by Crippen LogP contribution is -1.80. The van der Waals surface area contributed by atoms with Crippen molar-refractivity contribution in [2.45, 2.75) is 6.92 Å². The summed E-state index contributed by atoms with van der Waals surface area (Å²) in [7, 11) is 0. The number of hydrogen-bond acceptors (Lipinski definition) is 2. The van der Waals surface area contributed by atoms with E-state index < -0.39 is 0 Å². The van der Waals surface area contributed by atoms with Crippen molar-refractivity contribution in [1.29, 1.82) is 10.5 Å². The van der Waals surface area contributed by atoms with E-state index >= 15 is 0 Å². The summed E-state index contributed by atoms with van der Waals surface area (Å²) in [6.07, 6.45) is 1.47. The van der Waals surface area contributed by atoms with Crippen molar-refractivity contribution < 1.29 is 0 Å². The van der Waals surface area contributed by atoms with E-state index in [0.717, 1.165) is 5.56 Å². The molecule has 1 aromatic carbocycles. The lowest BCUT2D eigenvalue weighted by Gasteiger charge is -1.98. The molecule has 0 aromatic heterocycles. The Morgan fingerprint density at radius 2 is 2.00 bits per heavy atom. The summed E-state index contributed by atoms with van der Waals surface area (Å²) >= 11 is 5.92. The molecule has 0 spiro atoms. The predicted octanol–water partition coefficient (Wildman–Crippen LogP) is 3.08. The van der Waals surface area contributed by atoms with Gasteiger partial charge in [0.1, 0.15) is 17.7 Å². The lowest BCUT2D eigenvalue weighted by atomic mass is 10.1. The maximum absolute atomic E-state index is 8.55. The minimum Gasteiger partial charge on any atom is -0.192 e. The number of nitriles is 2. The van der Waals surface area contributed by atoms with Crippen LogP contribution >= 0.6 is 11.6 Å². The van der Waals surface area contributed by atoms with Gasteiger partial charge in [-0.25, -0.2) is 0 Å². The van der Waals surface area contributed by atoms with E-state index in [0.29, 0.717) is 10.6 Å². The Morgan fingerprint density at radius 3 is 2.50 bits per heavy atom. The first kappa shape index (κ1) is 10.3. The summed E-state index contributed by atoms with van der Waals surface area (Å²) in [5, 5.41) is 17.6. The van der Waals surface area contributed by atoms with Crippen LogP contribution in [0, 0.1) is 29.6 Å². The van der Waals surface area contributed by atoms with Crippen molar-refractivity contribution in [3.8, 4) is 12.1 Å². The maximum Gasteiger partial charge on any atom is 0.130 e. The van der Waals surface area contributed by atoms with Gasteiger partial charge in [-0.05, 0) is 30.2 Å². The summed E-state index contributed by atoms with van der Waals surface area (Å²) in [5.41, 5.74) is 1.79. The van der Waals surface area contributed by atoms with Gasteiger partial charge < -0.3 is 0 Å². The molecule has 0 atom stereocenters. The summed E-state index contributed by atoms with van der Waals surface area (Å²) in [4.78, 5) is 0. The fourth-order valence-electron chi connectivity index (χ4n) is 0.994. The van der Waals surface area contributed by atoms with E-state index in [4.69, 9.17) is 22.1 Å². The molecule has 1 rings (SSSR count). The fraction of sp³-hybridized carbons (Fsp3) is 0.0909. The highest BCUT2D eigenvalue weighted by Gasteiger charge is 1.99. The Kier molecular flexibility index (Phi) is 3.29. The van der Waals surface area contributed by atoms with Crippen molar-refractivity contribution in [2.75, 3.05) is 0 Å². The molecule has 14 heavy (non-hydrogen) atoms. The molecule has 0 fully saturated rings. The van der Waals surface area contributed by atoms with Gasteiger partial charge in [-0.15, -0.1) is 0 Å². The second-order valence-electron chi connectivity index (χ2n) is 2.81. The SMILES string of the molecule is Cc1ccc(C=C(C#N)C#N)c(Cl)c1. The molecule has 3 heteroatoms. The van der Waals surface area contributed by atoms with Crippen LogP contribution in [0.15, 0.2) is 23.8 Å². The first-order valence-electron chi connectivity index (χ1n) is 3.95. The molecule has 1 aromatic rings. The van der Waals surface area contributed by atoms with Crippen molar-refractivity contribution in [3.63, 3.8) is 0 Å². The third-order valence-electron chi connectivity index (χ3n) is 1.70. The molecule has 0 unspecified atom stereocenters. The summed E-state index contributed by atoms with van der Waals surface area (Å²) in [6.45, 7) is 1.93. The molecule has 0 aliphatic rings. The lowest BCUT2D eigenvalue weighted by molar-refractivity contribution is 1.45. The second kappa shape index (κ2) is 4.46. The topological polar surface area (TPSA) is 47.6 Å². The van der Waals surface area contributed by atoms with Crippen LogP contribution in [0.25, 0.3) is 6.08 Å². The van der Waals surface area contributed by atoms with Crippen LogP contribution in [0.2, 0.25) is 5.02 Å². The van der Waals surface area contributed by atoms with Gasteiger partial charge in [0.2, 0.25) is 0 Å². The highest BCUT2D eigenvalue weighted by molar-refractivity contribution is 6.32. The molecule has 0 aliphatic carbocycles. The molecule has 0 aliphatic heterocycles. The Bertz CT molecular complexity index is 445. The number of halogens is 1. The van der Waals surface area contributed by atoms with Crippen molar-refractivity contribution in [1.82, 2.24) is 0 Å². The quantitative estimate of drug-likeness (QED) is 0.657. The van der Waals surface area contributed by atoms with Gasteiger partial charge in [-0.1, -0.05) is 23.7 Å². The van der Waals surface area contributed by atoms with Crippen LogP contribution < -0.4 is 0 Å². The third kappa shape index (κ3) is 2.36. The van der Waals surface area contributed by atoms with Crippen molar-refractivity contribution in [3.05, 3.63) is 39.9 Å². The van der Waals surface area contributed by atoms with Gasteiger partial charge in [0.15, 0.2) is 0 Å². The molecular formula is C11H7ClN2. The average molecular weight is 203 g/mol. The molecule has 0 N–H and O–H groups in total. The summed E-state index contributed by atoms with van der Waals surface area (Å²) in [6, 6.07) is 9.02. The predicted molar refractivity (Wildman–Crippen MR) is 55.4 cm³/mol. The van der Waals surface area contributed by atoms with Crippen LogP contribution in [0.4, 0.5) is 0 Å². The van der Waals surface area contributed by atoms with Crippen molar-refractivity contribution >= 4 is 17.7 Å². The highest BCUT2D eigenvalue weighted by Crippen LogP contribution is 2.19. The van der Waals surface area contributed by atoms with Crippen LogP contribution in [0.1, 0.15) is 11.1 Å². The monoisotopic (exact) mass is 202 g/mol. The molecule has 68 valence electrons. The molecular weight excluding hydrogens is 196 g/mol. The zero-order valence-electron chi connectivity index (χ0n) is 7.58. The van der Waals surface area contributed by atoms with Gasteiger partial charge in [0.05, 0.1) is 0 Å². The minimum atomic E-state index is 0.0516. The zero-order chi connectivity index (χ0) is 10.6. The molecule has 0 bridgehead atoms. The van der Waals surface area contributed by atoms with Gasteiger partial charge >= 0.3 is 0 Å². The van der Waals surface area contributed by atoms with Crippen LogP contribution in [-0.4, -0.2) is 0 Å². The molecule has 0 radical (unpaired) electrons. The number of hydrogen-bond donors (Lipinski definition) is 0. The number of aryl methyl sites for hydroxylation is 1. The Balaban J connectivity index is 3.18. The molecule has 2 nitrogen and oxygen atoms in total. The van der Waals surface area contributed by atoms with Crippen molar-refractivity contribution in [2.24, 2.45) is 0 Å². The van der Waals surface area contributed by atoms with E-state index in [1.807, 2.05) is 13.0 Å².